The van der Waals surface area contributed by atoms with Gasteiger partial charge in [0.05, 0.1) is 18.2 Å². The molecule has 1 saturated heterocycles. The smallest absolute Gasteiger partial charge is 0.228 e. The SMILES string of the molecule is CC(C)n1cc([C@@H]2OCC[C@H]2C(=O)N(C)CCc2ccccn2)cn1. The number of hydrogen-bond acceptors (Lipinski definition) is 4. The van der Waals surface area contributed by atoms with Gasteiger partial charge < -0.3 is 9.64 Å². The van der Waals surface area contributed by atoms with E-state index in [4.69, 9.17) is 4.74 Å². The molecule has 1 fully saturated rings. The Balaban J connectivity index is 1.63. The zero-order valence-corrected chi connectivity index (χ0v) is 15.1. The third kappa shape index (κ3) is 4.07. The monoisotopic (exact) mass is 342 g/mol. The van der Waals surface area contributed by atoms with Crippen molar-refractivity contribution in [3.63, 3.8) is 0 Å². The summed E-state index contributed by atoms with van der Waals surface area (Å²) in [6.07, 6.45) is 6.91. The third-order valence-electron chi connectivity index (χ3n) is 4.69. The van der Waals surface area contributed by atoms with Gasteiger partial charge >= 0.3 is 0 Å². The van der Waals surface area contributed by atoms with Crippen molar-refractivity contribution in [2.24, 2.45) is 5.92 Å². The van der Waals surface area contributed by atoms with Gasteiger partial charge in [-0.05, 0) is 32.4 Å². The first-order valence-corrected chi connectivity index (χ1v) is 8.87. The average molecular weight is 342 g/mol. The van der Waals surface area contributed by atoms with Gasteiger partial charge in [-0.1, -0.05) is 6.07 Å². The number of ether oxygens (including phenoxy) is 1. The lowest BCUT2D eigenvalue weighted by Gasteiger charge is -2.23. The fourth-order valence-electron chi connectivity index (χ4n) is 3.17. The maximum absolute atomic E-state index is 12.9. The van der Waals surface area contributed by atoms with E-state index in [1.165, 1.54) is 0 Å². The Labute approximate surface area is 148 Å². The summed E-state index contributed by atoms with van der Waals surface area (Å²) in [7, 11) is 1.86. The lowest BCUT2D eigenvalue weighted by Crippen LogP contribution is -2.35. The number of amides is 1. The minimum atomic E-state index is -0.197. The molecule has 0 unspecified atom stereocenters. The van der Waals surface area contributed by atoms with Crippen LogP contribution in [0.25, 0.3) is 0 Å². The molecule has 25 heavy (non-hydrogen) atoms. The number of rotatable bonds is 6. The molecule has 0 aromatic carbocycles. The molecule has 0 saturated carbocycles. The Bertz CT molecular complexity index is 698. The Morgan fingerprint density at radius 2 is 2.28 bits per heavy atom. The lowest BCUT2D eigenvalue weighted by atomic mass is 9.96. The van der Waals surface area contributed by atoms with E-state index in [0.717, 1.165) is 24.1 Å². The van der Waals surface area contributed by atoms with Crippen LogP contribution < -0.4 is 0 Å². The second-order valence-corrected chi connectivity index (χ2v) is 6.86. The van der Waals surface area contributed by atoms with Crippen LogP contribution in [0.4, 0.5) is 0 Å². The molecule has 0 aliphatic carbocycles. The molecule has 1 amide bonds. The topological polar surface area (TPSA) is 60.2 Å². The largest absolute Gasteiger partial charge is 0.373 e. The van der Waals surface area contributed by atoms with Crippen LogP contribution in [0.3, 0.4) is 0 Å². The van der Waals surface area contributed by atoms with Gasteiger partial charge in [0.2, 0.25) is 5.91 Å². The van der Waals surface area contributed by atoms with Crippen LogP contribution in [0.1, 0.15) is 43.7 Å². The fourth-order valence-corrected chi connectivity index (χ4v) is 3.17. The summed E-state index contributed by atoms with van der Waals surface area (Å²) in [6.45, 7) is 5.44. The van der Waals surface area contributed by atoms with Crippen molar-refractivity contribution in [2.45, 2.75) is 38.8 Å². The van der Waals surface area contributed by atoms with Crippen molar-refractivity contribution >= 4 is 5.91 Å². The highest BCUT2D eigenvalue weighted by molar-refractivity contribution is 5.79. The van der Waals surface area contributed by atoms with E-state index in [2.05, 4.69) is 23.9 Å². The molecule has 6 heteroatoms. The summed E-state index contributed by atoms with van der Waals surface area (Å²) in [4.78, 5) is 19.0. The van der Waals surface area contributed by atoms with E-state index in [1.807, 2.05) is 42.3 Å². The molecule has 2 aromatic rings. The normalized spacial score (nSPS) is 20.2. The maximum Gasteiger partial charge on any atom is 0.228 e. The van der Waals surface area contributed by atoms with Gasteiger partial charge in [0.1, 0.15) is 0 Å². The Kier molecular flexibility index (Phi) is 5.48. The zero-order valence-electron chi connectivity index (χ0n) is 15.1. The third-order valence-corrected chi connectivity index (χ3v) is 4.69. The van der Waals surface area contributed by atoms with Crippen molar-refractivity contribution in [3.8, 4) is 0 Å². The number of nitrogens with zero attached hydrogens (tertiary/aromatic N) is 4. The maximum atomic E-state index is 12.9. The minimum Gasteiger partial charge on any atom is -0.373 e. The molecule has 3 rings (SSSR count). The number of likely N-dealkylation sites (N-methyl/N-ethyl adjacent to an activating group) is 1. The predicted molar refractivity (Wildman–Crippen MR) is 95.0 cm³/mol. The zero-order chi connectivity index (χ0) is 17.8. The van der Waals surface area contributed by atoms with Crippen LogP contribution in [0.2, 0.25) is 0 Å². The molecule has 1 aliphatic heterocycles. The molecule has 0 N–H and O–H groups in total. The Morgan fingerprint density at radius 1 is 1.44 bits per heavy atom. The number of hydrogen-bond donors (Lipinski definition) is 0. The van der Waals surface area contributed by atoms with Gasteiger partial charge in [0.25, 0.3) is 0 Å². The van der Waals surface area contributed by atoms with Gasteiger partial charge in [-0.3, -0.25) is 14.5 Å². The van der Waals surface area contributed by atoms with E-state index in [1.54, 1.807) is 11.1 Å². The van der Waals surface area contributed by atoms with Gasteiger partial charge in [0.15, 0.2) is 0 Å². The molecule has 6 nitrogen and oxygen atoms in total. The number of carbonyl (C=O) groups excluding carboxylic acids is 1. The van der Waals surface area contributed by atoms with Crippen LogP contribution >= 0.6 is 0 Å². The van der Waals surface area contributed by atoms with Crippen molar-refractivity contribution in [3.05, 3.63) is 48.0 Å². The molecular formula is C19H26N4O2. The molecule has 0 radical (unpaired) electrons. The summed E-state index contributed by atoms with van der Waals surface area (Å²) in [5.74, 6) is -0.00530. The van der Waals surface area contributed by atoms with Crippen molar-refractivity contribution in [2.75, 3.05) is 20.2 Å². The summed E-state index contributed by atoms with van der Waals surface area (Å²) in [5, 5.41) is 4.38. The molecule has 0 spiro atoms. The lowest BCUT2D eigenvalue weighted by molar-refractivity contribution is -0.136. The predicted octanol–water partition coefficient (Wildman–Crippen LogP) is 2.64. The Hall–Kier alpha value is -2.21. The van der Waals surface area contributed by atoms with E-state index < -0.39 is 0 Å². The first-order chi connectivity index (χ1) is 12.1. The summed E-state index contributed by atoms with van der Waals surface area (Å²) < 4.78 is 7.77. The van der Waals surface area contributed by atoms with Crippen LogP contribution in [0.15, 0.2) is 36.8 Å². The van der Waals surface area contributed by atoms with E-state index >= 15 is 0 Å². The fraction of sp³-hybridized carbons (Fsp3) is 0.526. The molecule has 0 bridgehead atoms. The van der Waals surface area contributed by atoms with Gasteiger partial charge in [-0.25, -0.2) is 0 Å². The first kappa shape index (κ1) is 17.6. The van der Waals surface area contributed by atoms with Gasteiger partial charge in [0, 0.05) is 56.3 Å². The van der Waals surface area contributed by atoms with Crippen molar-refractivity contribution in [1.29, 1.82) is 0 Å². The van der Waals surface area contributed by atoms with E-state index in [-0.39, 0.29) is 17.9 Å². The molecule has 3 heterocycles. The second kappa shape index (κ2) is 7.78. The average Bonchev–Trinajstić information content (AvgIpc) is 3.28. The highest BCUT2D eigenvalue weighted by atomic mass is 16.5. The summed E-state index contributed by atoms with van der Waals surface area (Å²) >= 11 is 0. The van der Waals surface area contributed by atoms with E-state index in [0.29, 0.717) is 19.2 Å². The molecule has 134 valence electrons. The number of pyridine rings is 1. The van der Waals surface area contributed by atoms with Gasteiger partial charge in [-0.15, -0.1) is 0 Å². The first-order valence-electron chi connectivity index (χ1n) is 8.87. The molecule has 2 atom stereocenters. The van der Waals surface area contributed by atoms with Crippen LogP contribution in [-0.2, 0) is 16.0 Å². The summed E-state index contributed by atoms with van der Waals surface area (Å²) in [5.41, 5.74) is 1.99. The number of aromatic nitrogens is 3. The van der Waals surface area contributed by atoms with Gasteiger partial charge in [-0.2, -0.15) is 5.10 Å². The van der Waals surface area contributed by atoms with E-state index in [9.17, 15) is 4.79 Å². The summed E-state index contributed by atoms with van der Waals surface area (Å²) in [6, 6.07) is 6.15. The van der Waals surface area contributed by atoms with Crippen LogP contribution in [0, 0.1) is 5.92 Å². The Morgan fingerprint density at radius 3 is 2.96 bits per heavy atom. The standard InChI is InChI=1S/C19H26N4O2/c1-14(2)23-13-15(12-21-23)18-17(8-11-25-18)19(24)22(3)10-7-16-6-4-5-9-20-16/h4-6,9,12-14,17-18H,7-8,10-11H2,1-3H3/t17-,18+/m1/s1. The highest BCUT2D eigenvalue weighted by Gasteiger charge is 2.37. The molecule has 1 aliphatic rings. The quantitative estimate of drug-likeness (QED) is 0.810. The number of carbonyl (C=O) groups is 1. The van der Waals surface area contributed by atoms with Crippen molar-refractivity contribution < 1.29 is 9.53 Å². The van der Waals surface area contributed by atoms with Crippen LogP contribution in [-0.4, -0.2) is 45.8 Å². The minimum absolute atomic E-state index is 0.135. The molecular weight excluding hydrogens is 316 g/mol. The molecule has 2 aromatic heterocycles. The highest BCUT2D eigenvalue weighted by Crippen LogP contribution is 2.35. The van der Waals surface area contributed by atoms with Crippen LogP contribution in [0.5, 0.6) is 0 Å². The second-order valence-electron chi connectivity index (χ2n) is 6.86. The van der Waals surface area contributed by atoms with Crippen molar-refractivity contribution in [1.82, 2.24) is 19.7 Å².